The van der Waals surface area contributed by atoms with Crippen molar-refractivity contribution in [1.82, 2.24) is 15.0 Å². The maximum absolute atomic E-state index is 4.51. The van der Waals surface area contributed by atoms with Crippen LogP contribution in [0.4, 0.5) is 17.8 Å². The fourth-order valence-electron chi connectivity index (χ4n) is 3.11. The molecular weight excluding hydrogens is 264 g/mol. The molecule has 0 amide bonds. The highest BCUT2D eigenvalue weighted by molar-refractivity contribution is 5.43. The minimum absolute atomic E-state index is 0.454. The number of anilines is 3. The summed E-state index contributed by atoms with van der Waals surface area (Å²) in [6.07, 6.45) is 3.69. The van der Waals surface area contributed by atoms with E-state index in [1.807, 2.05) is 25.9 Å². The van der Waals surface area contributed by atoms with Crippen LogP contribution in [0.5, 0.6) is 0 Å². The highest BCUT2D eigenvalue weighted by Crippen LogP contribution is 2.30. The Labute approximate surface area is 127 Å². The number of hydrogen-bond acceptors (Lipinski definition) is 6. The Morgan fingerprint density at radius 1 is 1.00 bits per heavy atom. The van der Waals surface area contributed by atoms with Gasteiger partial charge in [0.2, 0.25) is 17.8 Å². The van der Waals surface area contributed by atoms with Crippen LogP contribution in [0.25, 0.3) is 0 Å². The number of nitrogens with one attached hydrogen (secondary N) is 2. The Bertz CT molecular complexity index is 451. The van der Waals surface area contributed by atoms with Gasteiger partial charge in [-0.2, -0.15) is 15.0 Å². The number of hydrogen-bond donors (Lipinski definition) is 2. The quantitative estimate of drug-likeness (QED) is 0.869. The van der Waals surface area contributed by atoms with Gasteiger partial charge in [0.15, 0.2) is 0 Å². The Hall–Kier alpha value is -1.59. The summed E-state index contributed by atoms with van der Waals surface area (Å²) in [6.45, 7) is 7.49. The predicted octanol–water partition coefficient (Wildman–Crippen LogP) is 2.61. The second-order valence-corrected chi connectivity index (χ2v) is 6.47. The van der Waals surface area contributed by atoms with Crippen LogP contribution in [0.3, 0.4) is 0 Å². The highest BCUT2D eigenvalue weighted by atomic mass is 15.3. The van der Waals surface area contributed by atoms with Crippen LogP contribution in [0.15, 0.2) is 0 Å². The Balaban J connectivity index is 2.14. The van der Waals surface area contributed by atoms with Crippen LogP contribution in [0.2, 0.25) is 0 Å². The molecule has 2 rings (SSSR count). The molecule has 0 aromatic carbocycles. The van der Waals surface area contributed by atoms with Crippen molar-refractivity contribution >= 4 is 17.8 Å². The van der Waals surface area contributed by atoms with Crippen molar-refractivity contribution in [2.75, 3.05) is 36.2 Å². The molecule has 0 radical (unpaired) electrons. The van der Waals surface area contributed by atoms with Gasteiger partial charge >= 0.3 is 0 Å². The van der Waals surface area contributed by atoms with Gasteiger partial charge in [-0.15, -0.1) is 0 Å². The zero-order valence-corrected chi connectivity index (χ0v) is 13.8. The zero-order valence-electron chi connectivity index (χ0n) is 13.8. The average molecular weight is 292 g/mol. The Kier molecular flexibility index (Phi) is 5.20. The van der Waals surface area contributed by atoms with E-state index in [0.717, 1.165) is 18.4 Å². The molecule has 1 aliphatic carbocycles. The molecular formula is C15H28N6. The van der Waals surface area contributed by atoms with Gasteiger partial charge in [-0.1, -0.05) is 13.8 Å². The molecule has 0 spiro atoms. The van der Waals surface area contributed by atoms with E-state index >= 15 is 0 Å². The lowest BCUT2D eigenvalue weighted by molar-refractivity contribution is 0.280. The van der Waals surface area contributed by atoms with E-state index < -0.39 is 0 Å². The molecule has 1 aromatic heterocycles. The zero-order chi connectivity index (χ0) is 15.4. The van der Waals surface area contributed by atoms with Gasteiger partial charge in [0.05, 0.1) is 0 Å². The molecule has 6 heteroatoms. The van der Waals surface area contributed by atoms with Gasteiger partial charge in [0, 0.05) is 26.7 Å². The van der Waals surface area contributed by atoms with E-state index in [1.54, 1.807) is 0 Å². The van der Waals surface area contributed by atoms with Gasteiger partial charge in [-0.25, -0.2) is 0 Å². The molecule has 6 nitrogen and oxygen atoms in total. The van der Waals surface area contributed by atoms with Gasteiger partial charge in [0.25, 0.3) is 0 Å². The number of rotatable bonds is 5. The van der Waals surface area contributed by atoms with E-state index in [9.17, 15) is 0 Å². The van der Waals surface area contributed by atoms with E-state index in [0.29, 0.717) is 23.9 Å². The van der Waals surface area contributed by atoms with Crippen molar-refractivity contribution in [3.05, 3.63) is 0 Å². The fraction of sp³-hybridized carbons (Fsp3) is 0.800. The van der Waals surface area contributed by atoms with Gasteiger partial charge in [-0.3, -0.25) is 0 Å². The monoisotopic (exact) mass is 292 g/mol. The third-order valence-corrected chi connectivity index (χ3v) is 3.87. The first-order valence-corrected chi connectivity index (χ1v) is 7.91. The summed E-state index contributed by atoms with van der Waals surface area (Å²) in [4.78, 5) is 15.3. The first-order valence-electron chi connectivity index (χ1n) is 7.91. The highest BCUT2D eigenvalue weighted by Gasteiger charge is 2.24. The van der Waals surface area contributed by atoms with Crippen molar-refractivity contribution in [1.29, 1.82) is 0 Å². The summed E-state index contributed by atoms with van der Waals surface area (Å²) in [5.41, 5.74) is 0. The van der Waals surface area contributed by atoms with Crippen molar-refractivity contribution in [2.24, 2.45) is 11.8 Å². The molecule has 0 aliphatic heterocycles. The Morgan fingerprint density at radius 3 is 2.19 bits per heavy atom. The van der Waals surface area contributed by atoms with Crippen LogP contribution in [0, 0.1) is 11.8 Å². The van der Waals surface area contributed by atoms with Crippen LogP contribution >= 0.6 is 0 Å². The first-order chi connectivity index (χ1) is 9.97. The largest absolute Gasteiger partial charge is 0.354 e. The number of nitrogens with zero attached hydrogens (tertiary/aromatic N) is 4. The summed E-state index contributed by atoms with van der Waals surface area (Å²) in [7, 11) is 3.89. The van der Waals surface area contributed by atoms with Crippen LogP contribution in [-0.4, -0.2) is 41.6 Å². The molecule has 1 fully saturated rings. The second kappa shape index (κ2) is 6.91. The predicted molar refractivity (Wildman–Crippen MR) is 87.9 cm³/mol. The molecule has 1 aliphatic rings. The summed E-state index contributed by atoms with van der Waals surface area (Å²) in [5.74, 6) is 3.51. The summed E-state index contributed by atoms with van der Waals surface area (Å²) in [6, 6.07) is 0.454. The van der Waals surface area contributed by atoms with Crippen molar-refractivity contribution in [3.8, 4) is 0 Å². The standard InChI is InChI=1S/C15H28N6/c1-6-16-13-18-14(20-15(19-13)21(4)5)17-12-8-10(2)7-11(3)9-12/h10-12H,6-9H2,1-5H3,(H2,16,17,18,19,20). The minimum atomic E-state index is 0.454. The van der Waals surface area contributed by atoms with Crippen LogP contribution < -0.4 is 15.5 Å². The minimum Gasteiger partial charge on any atom is -0.354 e. The third kappa shape index (κ3) is 4.44. The molecule has 118 valence electrons. The van der Waals surface area contributed by atoms with Crippen LogP contribution in [-0.2, 0) is 0 Å². The summed E-state index contributed by atoms with van der Waals surface area (Å²) in [5, 5.41) is 6.68. The van der Waals surface area contributed by atoms with E-state index in [1.165, 1.54) is 19.3 Å². The molecule has 1 aromatic rings. The van der Waals surface area contributed by atoms with E-state index in [-0.39, 0.29) is 0 Å². The molecule has 2 atom stereocenters. The smallest absolute Gasteiger partial charge is 0.231 e. The van der Waals surface area contributed by atoms with E-state index in [2.05, 4.69) is 39.4 Å². The average Bonchev–Trinajstić information content (AvgIpc) is 2.37. The lowest BCUT2D eigenvalue weighted by atomic mass is 9.80. The fourth-order valence-corrected chi connectivity index (χ4v) is 3.11. The van der Waals surface area contributed by atoms with Crippen LogP contribution in [0.1, 0.15) is 40.0 Å². The molecule has 1 heterocycles. The summed E-state index contributed by atoms with van der Waals surface area (Å²) < 4.78 is 0. The van der Waals surface area contributed by atoms with Gasteiger partial charge in [0.1, 0.15) is 0 Å². The van der Waals surface area contributed by atoms with E-state index in [4.69, 9.17) is 0 Å². The molecule has 0 bridgehead atoms. The molecule has 2 N–H and O–H groups in total. The topological polar surface area (TPSA) is 66.0 Å². The molecule has 1 saturated carbocycles. The van der Waals surface area contributed by atoms with Gasteiger partial charge in [-0.05, 0) is 38.0 Å². The number of aromatic nitrogens is 3. The Morgan fingerprint density at radius 2 is 1.62 bits per heavy atom. The maximum Gasteiger partial charge on any atom is 0.231 e. The molecule has 0 saturated heterocycles. The molecule has 21 heavy (non-hydrogen) atoms. The normalized spacial score (nSPS) is 25.5. The van der Waals surface area contributed by atoms with Crippen molar-refractivity contribution in [3.63, 3.8) is 0 Å². The third-order valence-electron chi connectivity index (χ3n) is 3.87. The van der Waals surface area contributed by atoms with Crippen molar-refractivity contribution in [2.45, 2.75) is 46.1 Å². The SMILES string of the molecule is CCNc1nc(NC2CC(C)CC(C)C2)nc(N(C)C)n1. The lowest BCUT2D eigenvalue weighted by Gasteiger charge is -2.32. The summed E-state index contributed by atoms with van der Waals surface area (Å²) >= 11 is 0. The van der Waals surface area contributed by atoms with Gasteiger partial charge < -0.3 is 15.5 Å². The molecule has 2 unspecified atom stereocenters. The maximum atomic E-state index is 4.51. The van der Waals surface area contributed by atoms with Crippen molar-refractivity contribution < 1.29 is 0 Å². The first kappa shape index (κ1) is 15.8. The lowest BCUT2D eigenvalue weighted by Crippen LogP contribution is -2.31. The second-order valence-electron chi connectivity index (χ2n) is 6.47.